The van der Waals surface area contributed by atoms with Crippen molar-refractivity contribution in [3.8, 4) is 22.5 Å². The molecular weight excluding hydrogens is 480 g/mol. The number of hydrogen-bond donors (Lipinski definition) is 1. The maximum Gasteiger partial charge on any atom is 0.410 e. The molecule has 1 N–H and O–H groups in total. The van der Waals surface area contributed by atoms with Gasteiger partial charge in [0.1, 0.15) is 6.61 Å². The minimum atomic E-state index is -0.862. The standard InChI is InChI=1S/C31H28N2O5/c1-20-27(18-33-24(19-37-30(33)36)16-21-8-4-2-5-9-21)28(38-32-20)26-17-23(31(14-15-31)29(34)35)12-13-25(26)22-10-6-3-7-11-22/h2-13,17,24H,14-16,18-19H2,1H3,(H,34,35). The number of cyclic esters (lactones) is 1. The van der Waals surface area contributed by atoms with E-state index in [1.165, 1.54) is 0 Å². The molecule has 1 saturated carbocycles. The molecule has 2 heterocycles. The Hall–Kier alpha value is -4.39. The Morgan fingerprint density at radius 1 is 1.03 bits per heavy atom. The lowest BCUT2D eigenvalue weighted by Crippen LogP contribution is -2.34. The molecule has 6 rings (SSSR count). The smallest absolute Gasteiger partial charge is 0.410 e. The largest absolute Gasteiger partial charge is 0.481 e. The van der Waals surface area contributed by atoms with Gasteiger partial charge in [0.25, 0.3) is 0 Å². The molecule has 7 nitrogen and oxygen atoms in total. The molecule has 4 aromatic rings. The number of nitrogens with zero attached hydrogens (tertiary/aromatic N) is 2. The second-order valence-electron chi connectivity index (χ2n) is 10.1. The summed E-state index contributed by atoms with van der Waals surface area (Å²) in [5, 5.41) is 14.2. The zero-order chi connectivity index (χ0) is 26.3. The number of aromatic nitrogens is 1. The first-order valence-corrected chi connectivity index (χ1v) is 12.8. The molecular formula is C31H28N2O5. The highest BCUT2D eigenvalue weighted by molar-refractivity contribution is 5.88. The number of carbonyl (C=O) groups is 2. The average molecular weight is 509 g/mol. The molecule has 38 heavy (non-hydrogen) atoms. The third-order valence-corrected chi connectivity index (χ3v) is 7.76. The molecule has 3 aromatic carbocycles. The minimum absolute atomic E-state index is 0.117. The summed E-state index contributed by atoms with van der Waals surface area (Å²) in [4.78, 5) is 26.7. The van der Waals surface area contributed by atoms with Crippen LogP contribution in [0.2, 0.25) is 0 Å². The van der Waals surface area contributed by atoms with Gasteiger partial charge >= 0.3 is 12.1 Å². The van der Waals surface area contributed by atoms with Gasteiger partial charge in [0.05, 0.1) is 23.7 Å². The van der Waals surface area contributed by atoms with Crippen LogP contribution in [0.5, 0.6) is 0 Å². The predicted molar refractivity (Wildman–Crippen MR) is 141 cm³/mol. The predicted octanol–water partition coefficient (Wildman–Crippen LogP) is 6.00. The van der Waals surface area contributed by atoms with Crippen LogP contribution < -0.4 is 0 Å². The second kappa shape index (κ2) is 9.49. The Labute approximate surface area is 220 Å². The van der Waals surface area contributed by atoms with Gasteiger partial charge in [-0.15, -0.1) is 0 Å². The number of amides is 1. The number of ether oxygens (including phenoxy) is 1. The Morgan fingerprint density at radius 2 is 1.74 bits per heavy atom. The number of carboxylic acid groups (broad SMARTS) is 1. The van der Waals surface area contributed by atoms with Gasteiger partial charge in [-0.2, -0.15) is 0 Å². The first kappa shape index (κ1) is 24.0. The maximum absolute atomic E-state index is 12.8. The molecule has 7 heteroatoms. The molecule has 0 bridgehead atoms. The van der Waals surface area contributed by atoms with Crippen LogP contribution in [-0.2, 0) is 27.9 Å². The van der Waals surface area contributed by atoms with Crippen molar-refractivity contribution in [3.63, 3.8) is 0 Å². The van der Waals surface area contributed by atoms with Crippen LogP contribution in [0, 0.1) is 6.92 Å². The summed E-state index contributed by atoms with van der Waals surface area (Å²) in [6, 6.07) is 25.6. The summed E-state index contributed by atoms with van der Waals surface area (Å²) in [6.45, 7) is 2.46. The van der Waals surface area contributed by atoms with Crippen LogP contribution in [0.25, 0.3) is 22.5 Å². The highest BCUT2D eigenvalue weighted by Crippen LogP contribution is 2.50. The number of benzene rings is 3. The molecule has 1 saturated heterocycles. The molecule has 0 spiro atoms. The van der Waals surface area contributed by atoms with E-state index in [-0.39, 0.29) is 18.7 Å². The van der Waals surface area contributed by atoms with Crippen molar-refractivity contribution in [3.05, 3.63) is 101 Å². The Balaban J connectivity index is 1.41. The van der Waals surface area contributed by atoms with Gasteiger partial charge in [0.15, 0.2) is 5.76 Å². The lowest BCUT2D eigenvalue weighted by Gasteiger charge is -2.22. The Bertz CT molecular complexity index is 1490. The van der Waals surface area contributed by atoms with Gasteiger partial charge in [-0.05, 0) is 54.5 Å². The molecule has 1 atom stereocenters. The van der Waals surface area contributed by atoms with Crippen molar-refractivity contribution in [1.82, 2.24) is 10.1 Å². The molecule has 192 valence electrons. The molecule has 1 amide bonds. The van der Waals surface area contributed by atoms with Crippen LogP contribution in [0.1, 0.15) is 35.2 Å². The van der Waals surface area contributed by atoms with Gasteiger partial charge in [-0.3, -0.25) is 9.69 Å². The fourth-order valence-corrected chi connectivity index (χ4v) is 5.35. The van der Waals surface area contributed by atoms with Crippen molar-refractivity contribution >= 4 is 12.1 Å². The van der Waals surface area contributed by atoms with Crippen LogP contribution in [-0.4, -0.2) is 39.9 Å². The number of aryl methyl sites for hydroxylation is 1. The second-order valence-corrected chi connectivity index (χ2v) is 10.1. The van der Waals surface area contributed by atoms with Crippen molar-refractivity contribution in [2.45, 2.75) is 44.2 Å². The normalized spacial score (nSPS) is 17.9. The van der Waals surface area contributed by atoms with E-state index in [0.717, 1.165) is 33.4 Å². The van der Waals surface area contributed by atoms with Gasteiger partial charge < -0.3 is 14.4 Å². The molecule has 2 fully saturated rings. The maximum atomic E-state index is 12.8. The molecule has 1 aromatic heterocycles. The van der Waals surface area contributed by atoms with Crippen LogP contribution >= 0.6 is 0 Å². The van der Waals surface area contributed by atoms with E-state index in [2.05, 4.69) is 5.16 Å². The molecule has 1 aliphatic heterocycles. The van der Waals surface area contributed by atoms with Crippen molar-refractivity contribution in [2.75, 3.05) is 6.61 Å². The van der Waals surface area contributed by atoms with Crippen molar-refractivity contribution < 1.29 is 24.0 Å². The summed E-state index contributed by atoms with van der Waals surface area (Å²) < 4.78 is 11.4. The zero-order valence-corrected chi connectivity index (χ0v) is 21.1. The number of carbonyl (C=O) groups excluding carboxylic acids is 1. The van der Waals surface area contributed by atoms with E-state index in [1.54, 1.807) is 4.90 Å². The number of carboxylic acids is 1. The number of rotatable bonds is 8. The molecule has 0 radical (unpaired) electrons. The van der Waals surface area contributed by atoms with Gasteiger partial charge in [0, 0.05) is 11.1 Å². The monoisotopic (exact) mass is 508 g/mol. The quantitative estimate of drug-likeness (QED) is 0.314. The van der Waals surface area contributed by atoms with Gasteiger partial charge in [0.2, 0.25) is 0 Å². The van der Waals surface area contributed by atoms with E-state index >= 15 is 0 Å². The van der Waals surface area contributed by atoms with Crippen LogP contribution in [0.4, 0.5) is 4.79 Å². The van der Waals surface area contributed by atoms with Crippen molar-refractivity contribution in [2.24, 2.45) is 0 Å². The summed E-state index contributed by atoms with van der Waals surface area (Å²) in [5.74, 6) is -0.268. The SMILES string of the molecule is Cc1noc(-c2cc(C3(C(=O)O)CC3)ccc2-c2ccccc2)c1CN1C(=O)OCC1Cc1ccccc1. The van der Waals surface area contributed by atoms with E-state index < -0.39 is 11.4 Å². The van der Waals surface area contributed by atoms with E-state index in [9.17, 15) is 14.7 Å². The summed E-state index contributed by atoms with van der Waals surface area (Å²) in [6.07, 6.45) is 1.53. The minimum Gasteiger partial charge on any atom is -0.481 e. The molecule has 1 unspecified atom stereocenters. The Kier molecular flexibility index (Phi) is 5.98. The van der Waals surface area contributed by atoms with Crippen LogP contribution in [0.15, 0.2) is 83.4 Å². The van der Waals surface area contributed by atoms with Crippen LogP contribution in [0.3, 0.4) is 0 Å². The first-order valence-electron chi connectivity index (χ1n) is 12.8. The molecule has 1 aliphatic carbocycles. The molecule has 2 aliphatic rings. The summed E-state index contributed by atoms with van der Waals surface area (Å²) >= 11 is 0. The lowest BCUT2D eigenvalue weighted by molar-refractivity contribution is -0.140. The topological polar surface area (TPSA) is 92.9 Å². The zero-order valence-electron chi connectivity index (χ0n) is 21.1. The highest BCUT2D eigenvalue weighted by Gasteiger charge is 2.52. The van der Waals surface area contributed by atoms with E-state index in [4.69, 9.17) is 9.26 Å². The summed E-state index contributed by atoms with van der Waals surface area (Å²) in [5.41, 5.74) is 5.16. The fraction of sp³-hybridized carbons (Fsp3) is 0.258. The summed E-state index contributed by atoms with van der Waals surface area (Å²) in [7, 11) is 0. The lowest BCUT2D eigenvalue weighted by atomic mass is 9.88. The van der Waals surface area contributed by atoms with E-state index in [1.807, 2.05) is 85.8 Å². The third kappa shape index (κ3) is 4.24. The van der Waals surface area contributed by atoms with Gasteiger partial charge in [-0.25, -0.2) is 4.79 Å². The number of aliphatic carboxylic acids is 1. The van der Waals surface area contributed by atoms with Gasteiger partial charge in [-0.1, -0.05) is 78.0 Å². The first-order chi connectivity index (χ1) is 18.5. The fourth-order valence-electron chi connectivity index (χ4n) is 5.35. The van der Waals surface area contributed by atoms with E-state index in [0.29, 0.717) is 37.3 Å². The Morgan fingerprint density at radius 3 is 2.42 bits per heavy atom. The highest BCUT2D eigenvalue weighted by atomic mass is 16.6. The number of hydrogen-bond acceptors (Lipinski definition) is 5. The average Bonchev–Trinajstić information content (AvgIpc) is 3.59. The van der Waals surface area contributed by atoms with Crippen molar-refractivity contribution in [1.29, 1.82) is 0 Å². The third-order valence-electron chi connectivity index (χ3n) is 7.76.